The monoisotopic (exact) mass is 411 g/mol. The third-order valence-electron chi connectivity index (χ3n) is 4.35. The maximum Gasteiger partial charge on any atom is 0.266 e. The molecule has 0 radical (unpaired) electrons. The molecule has 0 aliphatic heterocycles. The normalized spacial score (nSPS) is 10.9. The number of rotatable bonds is 7. The average Bonchev–Trinajstić information content (AvgIpc) is 2.71. The van der Waals surface area contributed by atoms with Crippen LogP contribution in [0.1, 0.15) is 13.8 Å². The summed E-state index contributed by atoms with van der Waals surface area (Å²) in [6.07, 6.45) is 0. The Morgan fingerprint density at radius 3 is 2.55 bits per heavy atom. The molecule has 0 bridgehead atoms. The molecule has 0 spiro atoms. The molecule has 0 aliphatic carbocycles. The Hall–Kier alpha value is -2.93. The van der Waals surface area contributed by atoms with Crippen molar-refractivity contribution in [3.63, 3.8) is 0 Å². The fourth-order valence-electron chi connectivity index (χ4n) is 2.95. The molecule has 0 N–H and O–H groups in total. The molecule has 5 nitrogen and oxygen atoms in total. The van der Waals surface area contributed by atoms with Gasteiger partial charge in [0.1, 0.15) is 5.82 Å². The number of para-hydroxylation sites is 1. The van der Waals surface area contributed by atoms with E-state index in [4.69, 9.17) is 0 Å². The number of fused-ring (bicyclic) bond motifs is 1. The number of hydrogen-bond acceptors (Lipinski definition) is 4. The van der Waals surface area contributed by atoms with Crippen LogP contribution in [0.25, 0.3) is 16.6 Å². The van der Waals surface area contributed by atoms with Gasteiger partial charge in [-0.05, 0) is 50.2 Å². The number of halogens is 1. The smallest absolute Gasteiger partial charge is 0.266 e. The van der Waals surface area contributed by atoms with Gasteiger partial charge in [-0.15, -0.1) is 0 Å². The molecule has 3 aromatic rings. The lowest BCUT2D eigenvalue weighted by Crippen LogP contribution is -2.33. The van der Waals surface area contributed by atoms with Crippen molar-refractivity contribution in [3.05, 3.63) is 76.9 Å². The SMILES string of the molecule is C=C(C)CN(CC)C(=O)CSc1nc2ccccc2c(=O)n1-c1ccc(F)cc1. The molecule has 0 aliphatic rings. The number of benzene rings is 2. The third-order valence-corrected chi connectivity index (χ3v) is 5.27. The highest BCUT2D eigenvalue weighted by molar-refractivity contribution is 7.99. The Morgan fingerprint density at radius 2 is 1.90 bits per heavy atom. The summed E-state index contributed by atoms with van der Waals surface area (Å²) in [7, 11) is 0. The van der Waals surface area contributed by atoms with Crippen LogP contribution in [0.15, 0.2) is 70.6 Å². The van der Waals surface area contributed by atoms with Gasteiger partial charge in [0.15, 0.2) is 5.16 Å². The van der Waals surface area contributed by atoms with Crippen molar-refractivity contribution < 1.29 is 9.18 Å². The Bertz CT molecular complexity index is 1110. The van der Waals surface area contributed by atoms with Gasteiger partial charge in [0, 0.05) is 13.1 Å². The average molecular weight is 412 g/mol. The van der Waals surface area contributed by atoms with Crippen molar-refractivity contribution >= 4 is 28.6 Å². The largest absolute Gasteiger partial charge is 0.338 e. The van der Waals surface area contributed by atoms with Crippen LogP contribution in [0.3, 0.4) is 0 Å². The first-order valence-electron chi connectivity index (χ1n) is 9.23. The van der Waals surface area contributed by atoms with Crippen molar-refractivity contribution in [2.24, 2.45) is 0 Å². The van der Waals surface area contributed by atoms with Crippen molar-refractivity contribution in [1.82, 2.24) is 14.5 Å². The molecule has 29 heavy (non-hydrogen) atoms. The van der Waals surface area contributed by atoms with Crippen molar-refractivity contribution in [3.8, 4) is 5.69 Å². The van der Waals surface area contributed by atoms with Crippen LogP contribution in [0, 0.1) is 5.82 Å². The summed E-state index contributed by atoms with van der Waals surface area (Å²) in [5.74, 6) is -0.320. The predicted octanol–water partition coefficient (Wildman–Crippen LogP) is 4.04. The number of thioether (sulfide) groups is 1. The van der Waals surface area contributed by atoms with E-state index in [9.17, 15) is 14.0 Å². The summed E-state index contributed by atoms with van der Waals surface area (Å²) in [5.41, 5.74) is 1.70. The summed E-state index contributed by atoms with van der Waals surface area (Å²) < 4.78 is 14.8. The molecule has 7 heteroatoms. The Kier molecular flexibility index (Phi) is 6.49. The van der Waals surface area contributed by atoms with Gasteiger partial charge < -0.3 is 4.90 Å². The second-order valence-electron chi connectivity index (χ2n) is 6.68. The van der Waals surface area contributed by atoms with E-state index in [0.29, 0.717) is 34.8 Å². The number of nitrogens with zero attached hydrogens (tertiary/aromatic N) is 3. The summed E-state index contributed by atoms with van der Waals surface area (Å²) in [6, 6.07) is 12.7. The van der Waals surface area contributed by atoms with Crippen molar-refractivity contribution in [1.29, 1.82) is 0 Å². The van der Waals surface area contributed by atoms with Crippen LogP contribution in [-0.2, 0) is 4.79 Å². The summed E-state index contributed by atoms with van der Waals surface area (Å²) in [6.45, 7) is 8.71. The lowest BCUT2D eigenvalue weighted by atomic mass is 10.2. The minimum absolute atomic E-state index is 0.0615. The molecule has 1 amide bonds. The molecule has 150 valence electrons. The fraction of sp³-hybridized carbons (Fsp3) is 0.227. The van der Waals surface area contributed by atoms with Gasteiger partial charge in [-0.25, -0.2) is 9.37 Å². The van der Waals surface area contributed by atoms with Crippen LogP contribution in [0.4, 0.5) is 4.39 Å². The molecule has 1 heterocycles. The quantitative estimate of drug-likeness (QED) is 0.334. The van der Waals surface area contributed by atoms with E-state index in [1.165, 1.54) is 40.6 Å². The van der Waals surface area contributed by atoms with Gasteiger partial charge in [-0.1, -0.05) is 36.0 Å². The zero-order chi connectivity index (χ0) is 21.0. The molecular weight excluding hydrogens is 389 g/mol. The van der Waals surface area contributed by atoms with E-state index in [-0.39, 0.29) is 17.2 Å². The van der Waals surface area contributed by atoms with E-state index >= 15 is 0 Å². The lowest BCUT2D eigenvalue weighted by molar-refractivity contribution is -0.127. The van der Waals surface area contributed by atoms with E-state index in [1.54, 1.807) is 23.1 Å². The highest BCUT2D eigenvalue weighted by Gasteiger charge is 2.17. The summed E-state index contributed by atoms with van der Waals surface area (Å²) in [5, 5.41) is 0.852. The molecule has 1 aromatic heterocycles. The van der Waals surface area contributed by atoms with Gasteiger partial charge in [0.2, 0.25) is 5.91 Å². The molecule has 0 saturated heterocycles. The Labute approximate surface area is 172 Å². The zero-order valence-electron chi connectivity index (χ0n) is 16.4. The molecule has 0 atom stereocenters. The number of carbonyl (C=O) groups is 1. The lowest BCUT2D eigenvalue weighted by Gasteiger charge is -2.21. The highest BCUT2D eigenvalue weighted by Crippen LogP contribution is 2.22. The molecule has 3 rings (SSSR count). The third kappa shape index (κ3) is 4.74. The number of amides is 1. The number of hydrogen-bond donors (Lipinski definition) is 0. The van der Waals surface area contributed by atoms with Crippen LogP contribution in [-0.4, -0.2) is 39.2 Å². The maximum atomic E-state index is 13.4. The first kappa shape index (κ1) is 20.8. The maximum absolute atomic E-state index is 13.4. The van der Waals surface area contributed by atoms with Crippen LogP contribution >= 0.6 is 11.8 Å². The molecule has 2 aromatic carbocycles. The number of carbonyl (C=O) groups excluding carboxylic acids is 1. The molecular formula is C22H22FN3O2S. The minimum atomic E-state index is -0.390. The Morgan fingerprint density at radius 1 is 1.21 bits per heavy atom. The molecule has 0 saturated carbocycles. The second-order valence-corrected chi connectivity index (χ2v) is 7.62. The zero-order valence-corrected chi connectivity index (χ0v) is 17.2. The highest BCUT2D eigenvalue weighted by atomic mass is 32.2. The van der Waals surface area contributed by atoms with Gasteiger partial charge in [-0.3, -0.25) is 14.2 Å². The van der Waals surface area contributed by atoms with E-state index < -0.39 is 5.82 Å². The topological polar surface area (TPSA) is 55.2 Å². The first-order valence-corrected chi connectivity index (χ1v) is 10.2. The first-order chi connectivity index (χ1) is 13.9. The van der Waals surface area contributed by atoms with Gasteiger partial charge >= 0.3 is 0 Å². The van der Waals surface area contributed by atoms with Gasteiger partial charge in [-0.2, -0.15) is 0 Å². The fourth-order valence-corrected chi connectivity index (χ4v) is 3.86. The minimum Gasteiger partial charge on any atom is -0.338 e. The Balaban J connectivity index is 2.01. The summed E-state index contributed by atoms with van der Waals surface area (Å²) >= 11 is 1.19. The molecule has 0 unspecified atom stereocenters. The van der Waals surface area contributed by atoms with Gasteiger partial charge in [0.25, 0.3) is 5.56 Å². The predicted molar refractivity (Wildman–Crippen MR) is 115 cm³/mol. The van der Waals surface area contributed by atoms with Crippen LogP contribution in [0.5, 0.6) is 0 Å². The van der Waals surface area contributed by atoms with E-state index in [0.717, 1.165) is 5.57 Å². The van der Waals surface area contributed by atoms with E-state index in [2.05, 4.69) is 11.6 Å². The van der Waals surface area contributed by atoms with E-state index in [1.807, 2.05) is 19.9 Å². The number of likely N-dealkylation sites (N-methyl/N-ethyl adjacent to an activating group) is 1. The van der Waals surface area contributed by atoms with Crippen molar-refractivity contribution in [2.45, 2.75) is 19.0 Å². The van der Waals surface area contributed by atoms with Crippen molar-refractivity contribution in [2.75, 3.05) is 18.8 Å². The van der Waals surface area contributed by atoms with Gasteiger partial charge in [0.05, 0.1) is 22.3 Å². The van der Waals surface area contributed by atoms with Crippen LogP contribution < -0.4 is 5.56 Å². The number of aromatic nitrogens is 2. The second kappa shape index (κ2) is 9.05. The standard InChI is InChI=1S/C22H22FN3O2S/c1-4-25(13-15(2)3)20(27)14-29-22-24-19-8-6-5-7-18(19)21(28)26(22)17-11-9-16(23)10-12-17/h5-12H,2,4,13-14H2,1,3H3. The molecule has 0 fully saturated rings. The van der Waals surface area contributed by atoms with Crippen LogP contribution in [0.2, 0.25) is 0 Å². The summed E-state index contributed by atoms with van der Waals surface area (Å²) in [4.78, 5) is 32.0.